The molecule has 0 aliphatic rings. The highest BCUT2D eigenvalue weighted by Crippen LogP contribution is 2.22. The summed E-state index contributed by atoms with van der Waals surface area (Å²) in [6.45, 7) is -1.61. The second kappa shape index (κ2) is 5.39. The van der Waals surface area contributed by atoms with Crippen molar-refractivity contribution < 1.29 is 21.6 Å². The molecular formula is C9H10F3N3O2S2. The molecule has 1 aromatic heterocycles. The Kier molecular flexibility index (Phi) is 4.48. The molecule has 0 amide bonds. The first-order valence-electron chi connectivity index (χ1n) is 4.83. The molecule has 1 aromatic rings. The monoisotopic (exact) mass is 313 g/mol. The average molecular weight is 313 g/mol. The Morgan fingerprint density at radius 3 is 2.58 bits per heavy atom. The van der Waals surface area contributed by atoms with E-state index in [4.69, 9.17) is 5.73 Å². The highest BCUT2D eigenvalue weighted by atomic mass is 32.2. The van der Waals surface area contributed by atoms with Crippen LogP contribution in [0.2, 0.25) is 0 Å². The van der Waals surface area contributed by atoms with Gasteiger partial charge in [0.15, 0.2) is 0 Å². The number of hydrogen-bond donors (Lipinski definition) is 1. The van der Waals surface area contributed by atoms with Gasteiger partial charge in [-0.15, -0.1) is 0 Å². The van der Waals surface area contributed by atoms with Crippen molar-refractivity contribution in [1.82, 2.24) is 9.29 Å². The van der Waals surface area contributed by atoms with Crippen molar-refractivity contribution in [2.45, 2.75) is 11.1 Å². The zero-order chi connectivity index (χ0) is 14.8. The minimum absolute atomic E-state index is 0.172. The van der Waals surface area contributed by atoms with Crippen LogP contribution in [0.15, 0.2) is 23.2 Å². The van der Waals surface area contributed by atoms with Gasteiger partial charge in [0, 0.05) is 13.2 Å². The van der Waals surface area contributed by atoms with Crippen LogP contribution in [-0.4, -0.2) is 42.5 Å². The number of nitrogens with zero attached hydrogens (tertiary/aromatic N) is 2. The third kappa shape index (κ3) is 3.85. The highest BCUT2D eigenvalue weighted by molar-refractivity contribution is 7.89. The average Bonchev–Trinajstić information content (AvgIpc) is 2.26. The molecule has 0 aliphatic heterocycles. The summed E-state index contributed by atoms with van der Waals surface area (Å²) in [6.07, 6.45) is -3.40. The Labute approximate surface area is 113 Å². The van der Waals surface area contributed by atoms with Crippen LogP contribution in [0.4, 0.5) is 13.2 Å². The lowest BCUT2D eigenvalue weighted by Gasteiger charge is -2.19. The Balaban J connectivity index is 3.25. The molecule has 5 nitrogen and oxygen atoms in total. The second-order valence-electron chi connectivity index (χ2n) is 3.59. The number of halogens is 3. The van der Waals surface area contributed by atoms with Crippen molar-refractivity contribution in [2.75, 3.05) is 13.6 Å². The molecule has 0 saturated carbocycles. The fraction of sp³-hybridized carbons (Fsp3) is 0.333. The molecule has 0 spiro atoms. The lowest BCUT2D eigenvalue weighted by Crippen LogP contribution is -2.36. The third-order valence-electron chi connectivity index (χ3n) is 2.09. The van der Waals surface area contributed by atoms with E-state index in [2.05, 4.69) is 17.2 Å². The number of alkyl halides is 3. The van der Waals surface area contributed by atoms with Crippen LogP contribution < -0.4 is 5.73 Å². The minimum atomic E-state index is -4.65. The molecule has 0 saturated heterocycles. The molecule has 0 aliphatic carbocycles. The van der Waals surface area contributed by atoms with Gasteiger partial charge in [0.05, 0.1) is 0 Å². The summed E-state index contributed by atoms with van der Waals surface area (Å²) in [5.41, 5.74) is 5.07. The van der Waals surface area contributed by atoms with Gasteiger partial charge in [-0.2, -0.15) is 17.5 Å². The molecule has 0 bridgehead atoms. The molecule has 10 heteroatoms. The molecule has 1 rings (SSSR count). The number of nitrogens with two attached hydrogens (primary N) is 1. The fourth-order valence-corrected chi connectivity index (χ4v) is 2.83. The van der Waals surface area contributed by atoms with Crippen LogP contribution in [0.1, 0.15) is 5.69 Å². The molecular weight excluding hydrogens is 303 g/mol. The Morgan fingerprint density at radius 2 is 2.11 bits per heavy atom. The smallest absolute Gasteiger partial charge is 0.388 e. The van der Waals surface area contributed by atoms with Crippen molar-refractivity contribution in [3.63, 3.8) is 0 Å². The standard InChI is InChI=1S/C9H10F3N3O2S2/c1-15(5-9(10,11)12)19(16,17)6-3-2-4-14-7(6)8(13)18/h2-4H,5H2,1H3,(H2,13,18). The molecule has 106 valence electrons. The van der Waals surface area contributed by atoms with Crippen LogP contribution in [0.25, 0.3) is 0 Å². The Morgan fingerprint density at radius 1 is 1.53 bits per heavy atom. The zero-order valence-electron chi connectivity index (χ0n) is 9.68. The molecule has 0 atom stereocenters. The zero-order valence-corrected chi connectivity index (χ0v) is 11.3. The summed E-state index contributed by atoms with van der Waals surface area (Å²) in [5, 5.41) is 0. The lowest BCUT2D eigenvalue weighted by atomic mass is 10.3. The first-order chi connectivity index (χ1) is 8.55. The van der Waals surface area contributed by atoms with Crippen molar-refractivity contribution in [2.24, 2.45) is 5.73 Å². The lowest BCUT2D eigenvalue weighted by molar-refractivity contribution is -0.134. The molecule has 19 heavy (non-hydrogen) atoms. The summed E-state index contributed by atoms with van der Waals surface area (Å²) >= 11 is 4.62. The van der Waals surface area contributed by atoms with Gasteiger partial charge >= 0.3 is 6.18 Å². The number of pyridine rings is 1. The summed E-state index contributed by atoms with van der Waals surface area (Å²) in [7, 11) is -3.55. The van der Waals surface area contributed by atoms with E-state index in [9.17, 15) is 21.6 Å². The summed E-state index contributed by atoms with van der Waals surface area (Å²) < 4.78 is 60.9. The van der Waals surface area contributed by atoms with Crippen LogP contribution in [0.5, 0.6) is 0 Å². The first kappa shape index (κ1) is 15.8. The number of sulfonamides is 1. The fourth-order valence-electron chi connectivity index (χ4n) is 1.29. The summed E-state index contributed by atoms with van der Waals surface area (Å²) in [5.74, 6) is 0. The largest absolute Gasteiger partial charge is 0.402 e. The van der Waals surface area contributed by atoms with Gasteiger partial charge in [0.2, 0.25) is 10.0 Å². The maximum absolute atomic E-state index is 12.2. The van der Waals surface area contributed by atoms with E-state index in [-0.39, 0.29) is 15.0 Å². The van der Waals surface area contributed by atoms with E-state index in [0.717, 1.165) is 13.1 Å². The number of thiocarbonyl (C=S) groups is 1. The van der Waals surface area contributed by atoms with Crippen molar-refractivity contribution >= 4 is 27.2 Å². The van der Waals surface area contributed by atoms with Crippen molar-refractivity contribution in [1.29, 1.82) is 0 Å². The molecule has 0 unspecified atom stereocenters. The van der Waals surface area contributed by atoms with Crippen LogP contribution >= 0.6 is 12.2 Å². The quantitative estimate of drug-likeness (QED) is 0.836. The van der Waals surface area contributed by atoms with Crippen molar-refractivity contribution in [3.8, 4) is 0 Å². The normalized spacial score (nSPS) is 12.7. The van der Waals surface area contributed by atoms with E-state index < -0.39 is 27.6 Å². The summed E-state index contributed by atoms with van der Waals surface area (Å²) in [4.78, 5) is 2.91. The van der Waals surface area contributed by atoms with Gasteiger partial charge in [0.1, 0.15) is 22.1 Å². The number of hydrogen-bond acceptors (Lipinski definition) is 4. The molecule has 0 radical (unpaired) electrons. The van der Waals surface area contributed by atoms with Gasteiger partial charge in [-0.25, -0.2) is 8.42 Å². The maximum atomic E-state index is 12.2. The third-order valence-corrected chi connectivity index (χ3v) is 4.12. The Hall–Kier alpha value is -1.26. The molecule has 0 fully saturated rings. The van der Waals surface area contributed by atoms with Gasteiger partial charge in [0.25, 0.3) is 0 Å². The second-order valence-corrected chi connectivity index (χ2v) is 6.04. The highest BCUT2D eigenvalue weighted by Gasteiger charge is 2.36. The van der Waals surface area contributed by atoms with E-state index >= 15 is 0 Å². The Bertz CT molecular complexity index is 587. The van der Waals surface area contributed by atoms with Gasteiger partial charge < -0.3 is 5.73 Å². The predicted octanol–water partition coefficient (Wildman–Crippen LogP) is 0.899. The van der Waals surface area contributed by atoms with Gasteiger partial charge in [-0.1, -0.05) is 12.2 Å². The summed E-state index contributed by atoms with van der Waals surface area (Å²) in [6, 6.07) is 2.37. The minimum Gasteiger partial charge on any atom is -0.388 e. The van der Waals surface area contributed by atoms with E-state index in [1.165, 1.54) is 12.3 Å². The van der Waals surface area contributed by atoms with Gasteiger partial charge in [-0.3, -0.25) is 4.98 Å². The molecule has 2 N–H and O–H groups in total. The maximum Gasteiger partial charge on any atom is 0.402 e. The van der Waals surface area contributed by atoms with E-state index in [0.29, 0.717) is 0 Å². The molecule has 1 heterocycles. The first-order valence-corrected chi connectivity index (χ1v) is 6.68. The van der Waals surface area contributed by atoms with Crippen LogP contribution in [-0.2, 0) is 10.0 Å². The predicted molar refractivity (Wildman–Crippen MR) is 66.0 cm³/mol. The van der Waals surface area contributed by atoms with Crippen molar-refractivity contribution in [3.05, 3.63) is 24.0 Å². The van der Waals surface area contributed by atoms with Crippen LogP contribution in [0.3, 0.4) is 0 Å². The molecule has 0 aromatic carbocycles. The topological polar surface area (TPSA) is 76.3 Å². The SMILES string of the molecule is CN(CC(F)(F)F)S(=O)(=O)c1cccnc1C(N)=S. The number of rotatable bonds is 4. The van der Waals surface area contributed by atoms with Crippen LogP contribution in [0, 0.1) is 0 Å². The van der Waals surface area contributed by atoms with E-state index in [1.807, 2.05) is 0 Å². The van der Waals surface area contributed by atoms with Gasteiger partial charge in [-0.05, 0) is 12.1 Å². The van der Waals surface area contributed by atoms with E-state index in [1.54, 1.807) is 0 Å². The number of aromatic nitrogens is 1.